The van der Waals surface area contributed by atoms with Crippen molar-refractivity contribution >= 4 is 17.5 Å². The maximum Gasteiger partial charge on any atom is 0.263 e. The molecule has 1 N–H and O–H groups in total. The summed E-state index contributed by atoms with van der Waals surface area (Å²) >= 11 is 6.00. The van der Waals surface area contributed by atoms with Crippen LogP contribution in [0.25, 0.3) is 0 Å². The third kappa shape index (κ3) is 4.11. The topological polar surface area (TPSA) is 41.6 Å². The molecular weight excluding hydrogens is 288 g/mol. The van der Waals surface area contributed by atoms with E-state index in [9.17, 15) is 4.79 Å². The van der Waals surface area contributed by atoms with Crippen LogP contribution in [0.1, 0.15) is 25.3 Å². The zero-order valence-corrected chi connectivity index (χ0v) is 13.6. The van der Waals surface area contributed by atoms with E-state index in [-0.39, 0.29) is 5.91 Å². The fraction of sp³-hybridized carbons (Fsp3) is 0.562. The molecule has 1 aliphatic heterocycles. The molecule has 116 valence electrons. The lowest BCUT2D eigenvalue weighted by Crippen LogP contribution is -2.48. The smallest absolute Gasteiger partial charge is 0.263 e. The molecule has 5 heteroatoms. The Balaban J connectivity index is 1.96. The standard InChI is InChI=1S/C16H23ClN2O2/c1-11-10-14(4-5-15(11)17)21-12(2)16(20)19(3)13-6-8-18-9-7-13/h4-5,10,12-13,18H,6-9H2,1-3H3. The number of carbonyl (C=O) groups is 1. The molecule has 1 aliphatic rings. The second-order valence-corrected chi connectivity index (χ2v) is 6.01. The van der Waals surface area contributed by atoms with Crippen molar-refractivity contribution < 1.29 is 9.53 Å². The number of halogens is 1. The molecule has 0 bridgehead atoms. The highest BCUT2D eigenvalue weighted by molar-refractivity contribution is 6.31. The van der Waals surface area contributed by atoms with Crippen molar-refractivity contribution in [2.24, 2.45) is 0 Å². The van der Waals surface area contributed by atoms with E-state index in [1.807, 2.05) is 24.9 Å². The van der Waals surface area contributed by atoms with Crippen LogP contribution in [0.15, 0.2) is 18.2 Å². The summed E-state index contributed by atoms with van der Waals surface area (Å²) < 4.78 is 5.76. The number of aryl methyl sites for hydroxylation is 1. The van der Waals surface area contributed by atoms with Gasteiger partial charge in [0.25, 0.3) is 5.91 Å². The van der Waals surface area contributed by atoms with E-state index in [1.165, 1.54) is 0 Å². The maximum absolute atomic E-state index is 12.5. The summed E-state index contributed by atoms with van der Waals surface area (Å²) in [6, 6.07) is 5.75. The monoisotopic (exact) mass is 310 g/mol. The number of nitrogens with one attached hydrogen (secondary N) is 1. The Bertz CT molecular complexity index is 501. The number of rotatable bonds is 4. The molecule has 4 nitrogen and oxygen atoms in total. The first-order valence-corrected chi connectivity index (χ1v) is 7.77. The second-order valence-electron chi connectivity index (χ2n) is 5.60. The van der Waals surface area contributed by atoms with Crippen LogP contribution in [0.4, 0.5) is 0 Å². The zero-order valence-electron chi connectivity index (χ0n) is 12.9. The van der Waals surface area contributed by atoms with Crippen molar-refractivity contribution in [3.8, 4) is 5.75 Å². The average Bonchev–Trinajstić information content (AvgIpc) is 2.50. The maximum atomic E-state index is 12.5. The number of amides is 1. The summed E-state index contributed by atoms with van der Waals surface area (Å²) in [6.07, 6.45) is 1.50. The summed E-state index contributed by atoms with van der Waals surface area (Å²) in [6.45, 7) is 5.65. The van der Waals surface area contributed by atoms with Gasteiger partial charge in [0.2, 0.25) is 0 Å². The van der Waals surface area contributed by atoms with Crippen molar-refractivity contribution in [1.29, 1.82) is 0 Å². The average molecular weight is 311 g/mol. The highest BCUT2D eigenvalue weighted by Gasteiger charge is 2.26. The SMILES string of the molecule is Cc1cc(OC(C)C(=O)N(C)C2CCNCC2)ccc1Cl. The molecule has 2 rings (SSSR count). The van der Waals surface area contributed by atoms with Gasteiger partial charge in [-0.1, -0.05) is 11.6 Å². The summed E-state index contributed by atoms with van der Waals surface area (Å²) in [5.74, 6) is 0.700. The fourth-order valence-electron chi connectivity index (χ4n) is 2.61. The molecular formula is C16H23ClN2O2. The quantitative estimate of drug-likeness (QED) is 0.929. The number of nitrogens with zero attached hydrogens (tertiary/aromatic N) is 1. The van der Waals surface area contributed by atoms with Gasteiger partial charge in [0.1, 0.15) is 5.75 Å². The molecule has 1 atom stereocenters. The number of carbonyl (C=O) groups excluding carboxylic acids is 1. The fourth-order valence-corrected chi connectivity index (χ4v) is 2.72. The minimum absolute atomic E-state index is 0.0227. The first-order chi connectivity index (χ1) is 9.99. The van der Waals surface area contributed by atoms with E-state index in [0.717, 1.165) is 31.5 Å². The van der Waals surface area contributed by atoms with Gasteiger partial charge in [0.15, 0.2) is 6.10 Å². The molecule has 0 aromatic heterocycles. The number of hydrogen-bond acceptors (Lipinski definition) is 3. The normalized spacial score (nSPS) is 17.3. The summed E-state index contributed by atoms with van der Waals surface area (Å²) in [4.78, 5) is 14.3. The Hall–Kier alpha value is -1.26. The molecule has 1 aromatic rings. The van der Waals surface area contributed by atoms with Gasteiger partial charge in [0, 0.05) is 18.1 Å². The molecule has 0 aliphatic carbocycles. The van der Waals surface area contributed by atoms with E-state index < -0.39 is 6.10 Å². The third-order valence-electron chi connectivity index (χ3n) is 3.99. The molecule has 1 aromatic carbocycles. The number of likely N-dealkylation sites (N-methyl/N-ethyl adjacent to an activating group) is 1. The highest BCUT2D eigenvalue weighted by atomic mass is 35.5. The van der Waals surface area contributed by atoms with Crippen LogP contribution in [0.2, 0.25) is 5.02 Å². The summed E-state index contributed by atoms with van der Waals surface area (Å²) in [5.41, 5.74) is 0.945. The Kier molecular flexibility index (Phi) is 5.48. The van der Waals surface area contributed by atoms with Gasteiger partial charge in [-0.15, -0.1) is 0 Å². The third-order valence-corrected chi connectivity index (χ3v) is 4.42. The predicted molar refractivity (Wildman–Crippen MR) is 84.9 cm³/mol. The van der Waals surface area contributed by atoms with Crippen molar-refractivity contribution in [3.63, 3.8) is 0 Å². The van der Waals surface area contributed by atoms with Gasteiger partial charge in [0.05, 0.1) is 0 Å². The lowest BCUT2D eigenvalue weighted by Gasteiger charge is -2.33. The molecule has 1 heterocycles. The van der Waals surface area contributed by atoms with E-state index in [0.29, 0.717) is 16.8 Å². The van der Waals surface area contributed by atoms with Crippen LogP contribution >= 0.6 is 11.6 Å². The predicted octanol–water partition coefficient (Wildman–Crippen LogP) is 2.63. The highest BCUT2D eigenvalue weighted by Crippen LogP contribution is 2.22. The lowest BCUT2D eigenvalue weighted by atomic mass is 10.0. The van der Waals surface area contributed by atoms with E-state index >= 15 is 0 Å². The minimum Gasteiger partial charge on any atom is -0.481 e. The van der Waals surface area contributed by atoms with Gasteiger partial charge >= 0.3 is 0 Å². The Labute approximate surface area is 131 Å². The molecule has 21 heavy (non-hydrogen) atoms. The van der Waals surface area contributed by atoms with Crippen LogP contribution in [0.3, 0.4) is 0 Å². The number of ether oxygens (including phenoxy) is 1. The Morgan fingerprint density at radius 3 is 2.71 bits per heavy atom. The van der Waals surface area contributed by atoms with Crippen molar-refractivity contribution in [1.82, 2.24) is 10.2 Å². The number of hydrogen-bond donors (Lipinski definition) is 1. The molecule has 0 spiro atoms. The molecule has 0 saturated carbocycles. The van der Waals surface area contributed by atoms with Gasteiger partial charge in [-0.2, -0.15) is 0 Å². The van der Waals surface area contributed by atoms with Gasteiger partial charge in [-0.05, 0) is 63.5 Å². The van der Waals surface area contributed by atoms with Crippen LogP contribution in [-0.4, -0.2) is 43.1 Å². The van der Waals surface area contributed by atoms with Crippen LogP contribution in [0, 0.1) is 6.92 Å². The second kappa shape index (κ2) is 7.14. The summed E-state index contributed by atoms with van der Waals surface area (Å²) in [5, 5.41) is 4.01. The molecule has 1 amide bonds. The van der Waals surface area contributed by atoms with Crippen molar-refractivity contribution in [2.75, 3.05) is 20.1 Å². The van der Waals surface area contributed by atoms with Gasteiger partial charge in [-0.3, -0.25) is 4.79 Å². The number of benzene rings is 1. The van der Waals surface area contributed by atoms with Crippen LogP contribution < -0.4 is 10.1 Å². The zero-order chi connectivity index (χ0) is 15.4. The molecule has 1 unspecified atom stereocenters. The molecule has 0 radical (unpaired) electrons. The lowest BCUT2D eigenvalue weighted by molar-refractivity contribution is -0.139. The van der Waals surface area contributed by atoms with Crippen molar-refractivity contribution in [3.05, 3.63) is 28.8 Å². The van der Waals surface area contributed by atoms with E-state index in [4.69, 9.17) is 16.3 Å². The molecule has 1 saturated heterocycles. The Morgan fingerprint density at radius 1 is 1.43 bits per heavy atom. The van der Waals surface area contributed by atoms with Crippen LogP contribution in [-0.2, 0) is 4.79 Å². The summed E-state index contributed by atoms with van der Waals surface area (Å²) in [7, 11) is 1.87. The largest absolute Gasteiger partial charge is 0.481 e. The van der Waals surface area contributed by atoms with E-state index in [1.54, 1.807) is 19.1 Å². The van der Waals surface area contributed by atoms with Crippen LogP contribution in [0.5, 0.6) is 5.75 Å². The number of piperidine rings is 1. The first-order valence-electron chi connectivity index (χ1n) is 7.39. The first kappa shape index (κ1) is 16.1. The van der Waals surface area contributed by atoms with Crippen molar-refractivity contribution in [2.45, 2.75) is 38.8 Å². The Morgan fingerprint density at radius 2 is 2.10 bits per heavy atom. The minimum atomic E-state index is -0.495. The molecule has 1 fully saturated rings. The van der Waals surface area contributed by atoms with Gasteiger partial charge < -0.3 is 15.0 Å². The van der Waals surface area contributed by atoms with E-state index in [2.05, 4.69) is 5.32 Å². The van der Waals surface area contributed by atoms with Gasteiger partial charge in [-0.25, -0.2) is 0 Å².